The van der Waals surface area contributed by atoms with Gasteiger partial charge in [-0.25, -0.2) is 0 Å². The molecular weight excluding hydrogens is 316 g/mol. The average molecular weight is 338 g/mol. The molecule has 0 fully saturated rings. The van der Waals surface area contributed by atoms with Gasteiger partial charge in [-0.05, 0) is 33.4 Å². The summed E-state index contributed by atoms with van der Waals surface area (Å²) in [6.07, 6.45) is 4.73. The molecule has 0 bridgehead atoms. The molecule has 1 atom stereocenters. The van der Waals surface area contributed by atoms with E-state index in [1.54, 1.807) is 6.08 Å². The van der Waals surface area contributed by atoms with Gasteiger partial charge >= 0.3 is 0 Å². The number of allylic oxidation sites excluding steroid dienone is 4. The SMILES string of the molecule is C=C/C=C\C(=C)c1ccccc1C(O)c1ccccc1-c1ccccc1. The number of aliphatic hydroxyl groups excluding tert-OH is 1. The third-order valence-corrected chi connectivity index (χ3v) is 4.37. The van der Waals surface area contributed by atoms with Crippen LogP contribution in [-0.4, -0.2) is 5.11 Å². The molecule has 1 N–H and O–H groups in total. The lowest BCUT2D eigenvalue weighted by atomic mass is 9.89. The zero-order valence-electron chi connectivity index (χ0n) is 14.7. The van der Waals surface area contributed by atoms with Crippen LogP contribution in [0.5, 0.6) is 0 Å². The Labute approximate surface area is 155 Å². The Hall–Kier alpha value is -3.16. The predicted octanol–water partition coefficient (Wildman–Crippen LogP) is 6.19. The van der Waals surface area contributed by atoms with E-state index in [1.807, 2.05) is 78.9 Å². The summed E-state index contributed by atoms with van der Waals surface area (Å²) in [5, 5.41) is 11.2. The molecule has 0 aliphatic carbocycles. The number of rotatable bonds is 6. The van der Waals surface area contributed by atoms with Gasteiger partial charge in [0.05, 0.1) is 0 Å². The van der Waals surface area contributed by atoms with Crippen LogP contribution in [0, 0.1) is 0 Å². The van der Waals surface area contributed by atoms with Crippen molar-refractivity contribution in [1.82, 2.24) is 0 Å². The summed E-state index contributed by atoms with van der Waals surface area (Å²) < 4.78 is 0. The predicted molar refractivity (Wildman–Crippen MR) is 111 cm³/mol. The van der Waals surface area contributed by atoms with Gasteiger partial charge in [-0.2, -0.15) is 0 Å². The molecule has 1 nitrogen and oxygen atoms in total. The highest BCUT2D eigenvalue weighted by atomic mass is 16.3. The van der Waals surface area contributed by atoms with Gasteiger partial charge in [0.15, 0.2) is 0 Å². The van der Waals surface area contributed by atoms with Crippen LogP contribution >= 0.6 is 0 Å². The smallest absolute Gasteiger partial charge is 0.105 e. The molecule has 0 heterocycles. The molecule has 3 aromatic carbocycles. The van der Waals surface area contributed by atoms with E-state index in [0.717, 1.165) is 33.4 Å². The molecule has 3 rings (SSSR count). The van der Waals surface area contributed by atoms with Gasteiger partial charge < -0.3 is 5.11 Å². The molecule has 0 aliphatic heterocycles. The summed E-state index contributed by atoms with van der Waals surface area (Å²) >= 11 is 0. The van der Waals surface area contributed by atoms with Crippen LogP contribution < -0.4 is 0 Å². The van der Waals surface area contributed by atoms with Crippen molar-refractivity contribution in [3.63, 3.8) is 0 Å². The highest BCUT2D eigenvalue weighted by molar-refractivity contribution is 5.76. The first-order chi connectivity index (χ1) is 12.7. The highest BCUT2D eigenvalue weighted by Crippen LogP contribution is 2.34. The molecule has 0 amide bonds. The van der Waals surface area contributed by atoms with Crippen LogP contribution in [0.2, 0.25) is 0 Å². The molecule has 0 radical (unpaired) electrons. The van der Waals surface area contributed by atoms with Gasteiger partial charge in [-0.1, -0.05) is 110 Å². The number of hydrogen-bond donors (Lipinski definition) is 1. The molecular formula is C25H22O. The van der Waals surface area contributed by atoms with Gasteiger partial charge in [-0.15, -0.1) is 0 Å². The minimum atomic E-state index is -0.739. The molecule has 0 aliphatic rings. The molecule has 26 heavy (non-hydrogen) atoms. The van der Waals surface area contributed by atoms with E-state index in [0.29, 0.717) is 0 Å². The number of benzene rings is 3. The van der Waals surface area contributed by atoms with Crippen molar-refractivity contribution in [3.8, 4) is 11.1 Å². The Kier molecular flexibility index (Phi) is 5.62. The van der Waals surface area contributed by atoms with Gasteiger partial charge in [-0.3, -0.25) is 0 Å². The zero-order valence-corrected chi connectivity index (χ0v) is 14.7. The first kappa shape index (κ1) is 17.7. The Morgan fingerprint density at radius 1 is 0.808 bits per heavy atom. The summed E-state index contributed by atoms with van der Waals surface area (Å²) in [5.74, 6) is 0. The van der Waals surface area contributed by atoms with Crippen LogP contribution in [0.1, 0.15) is 22.8 Å². The Bertz CT molecular complexity index is 935. The maximum Gasteiger partial charge on any atom is 0.105 e. The first-order valence-electron chi connectivity index (χ1n) is 8.62. The second kappa shape index (κ2) is 8.28. The number of hydrogen-bond acceptors (Lipinski definition) is 1. The molecule has 1 heteroatoms. The van der Waals surface area contributed by atoms with Crippen LogP contribution in [0.15, 0.2) is 110 Å². The van der Waals surface area contributed by atoms with Gasteiger partial charge in [0, 0.05) is 0 Å². The monoisotopic (exact) mass is 338 g/mol. The van der Waals surface area contributed by atoms with E-state index in [-0.39, 0.29) is 0 Å². The van der Waals surface area contributed by atoms with E-state index in [1.165, 1.54) is 0 Å². The fourth-order valence-corrected chi connectivity index (χ4v) is 3.09. The minimum Gasteiger partial charge on any atom is -0.384 e. The summed E-state index contributed by atoms with van der Waals surface area (Å²) in [6, 6.07) is 25.9. The zero-order chi connectivity index (χ0) is 18.4. The lowest BCUT2D eigenvalue weighted by Gasteiger charge is -2.19. The molecule has 1 unspecified atom stereocenters. The number of aliphatic hydroxyl groups is 1. The highest BCUT2D eigenvalue weighted by Gasteiger charge is 2.18. The van der Waals surface area contributed by atoms with Crippen LogP contribution in [0.4, 0.5) is 0 Å². The van der Waals surface area contributed by atoms with Crippen molar-refractivity contribution in [2.24, 2.45) is 0 Å². The fraction of sp³-hybridized carbons (Fsp3) is 0.0400. The van der Waals surface area contributed by atoms with Crippen molar-refractivity contribution >= 4 is 5.57 Å². The lowest BCUT2D eigenvalue weighted by Crippen LogP contribution is -2.05. The summed E-state index contributed by atoms with van der Waals surface area (Å²) in [5.41, 5.74) is 5.62. The first-order valence-corrected chi connectivity index (χ1v) is 8.62. The summed E-state index contributed by atoms with van der Waals surface area (Å²) in [6.45, 7) is 7.83. The Balaban J connectivity index is 2.07. The second-order valence-corrected chi connectivity index (χ2v) is 6.06. The van der Waals surface area contributed by atoms with Gasteiger partial charge in [0.2, 0.25) is 0 Å². The molecule has 128 valence electrons. The van der Waals surface area contributed by atoms with Crippen molar-refractivity contribution in [2.45, 2.75) is 6.10 Å². The third-order valence-electron chi connectivity index (χ3n) is 4.37. The Morgan fingerprint density at radius 3 is 2.15 bits per heavy atom. The minimum absolute atomic E-state index is 0.739. The van der Waals surface area contributed by atoms with Gasteiger partial charge in [0.1, 0.15) is 6.10 Å². The maximum atomic E-state index is 11.2. The second-order valence-electron chi connectivity index (χ2n) is 6.06. The quantitative estimate of drug-likeness (QED) is 0.531. The average Bonchev–Trinajstić information content (AvgIpc) is 2.72. The molecule has 3 aromatic rings. The van der Waals surface area contributed by atoms with E-state index in [2.05, 4.69) is 25.3 Å². The van der Waals surface area contributed by atoms with E-state index < -0.39 is 6.10 Å². The fourth-order valence-electron chi connectivity index (χ4n) is 3.09. The molecule has 0 aromatic heterocycles. The summed E-state index contributed by atoms with van der Waals surface area (Å²) in [7, 11) is 0. The van der Waals surface area contributed by atoms with Crippen molar-refractivity contribution in [1.29, 1.82) is 0 Å². The van der Waals surface area contributed by atoms with Crippen molar-refractivity contribution < 1.29 is 5.11 Å². The summed E-state index contributed by atoms with van der Waals surface area (Å²) in [4.78, 5) is 0. The van der Waals surface area contributed by atoms with Crippen molar-refractivity contribution in [2.75, 3.05) is 0 Å². The third kappa shape index (κ3) is 3.74. The van der Waals surface area contributed by atoms with E-state index in [4.69, 9.17) is 0 Å². The van der Waals surface area contributed by atoms with Gasteiger partial charge in [0.25, 0.3) is 0 Å². The van der Waals surface area contributed by atoms with E-state index >= 15 is 0 Å². The van der Waals surface area contributed by atoms with Crippen LogP contribution in [-0.2, 0) is 0 Å². The topological polar surface area (TPSA) is 20.2 Å². The molecule has 0 saturated heterocycles. The molecule has 0 saturated carbocycles. The van der Waals surface area contributed by atoms with E-state index in [9.17, 15) is 5.11 Å². The molecule has 0 spiro atoms. The Morgan fingerprint density at radius 2 is 1.42 bits per heavy atom. The van der Waals surface area contributed by atoms with Crippen LogP contribution in [0.3, 0.4) is 0 Å². The normalized spacial score (nSPS) is 12.0. The van der Waals surface area contributed by atoms with Crippen molar-refractivity contribution in [3.05, 3.63) is 127 Å². The maximum absolute atomic E-state index is 11.2. The van der Waals surface area contributed by atoms with Crippen LogP contribution in [0.25, 0.3) is 16.7 Å². The standard InChI is InChI=1S/C25H22O/c1-3-4-12-19(2)21-15-8-10-17-23(21)25(26)24-18-11-9-16-22(24)20-13-6-5-7-14-20/h3-18,25-26H,1-2H2/b12-4-. The largest absolute Gasteiger partial charge is 0.384 e. The lowest BCUT2D eigenvalue weighted by molar-refractivity contribution is 0.220.